The van der Waals surface area contributed by atoms with E-state index < -0.39 is 0 Å². The number of ketones is 2. The number of Topliss-reactive ketones (excluding diaryl/α,β-unsaturated/α-hetero) is 1. The molecule has 0 aromatic carbocycles. The molecule has 0 N–H and O–H groups in total. The highest BCUT2D eigenvalue weighted by molar-refractivity contribution is 5.92. The van der Waals surface area contributed by atoms with E-state index in [4.69, 9.17) is 0 Å². The van der Waals surface area contributed by atoms with Crippen LogP contribution in [0.2, 0.25) is 0 Å². The third kappa shape index (κ3) is 1.87. The van der Waals surface area contributed by atoms with Gasteiger partial charge in [-0.05, 0) is 60.0 Å². The van der Waals surface area contributed by atoms with E-state index in [0.717, 1.165) is 12.8 Å². The van der Waals surface area contributed by atoms with Crippen molar-refractivity contribution in [3.05, 3.63) is 23.8 Å². The number of hydrogen-bond acceptors (Lipinski definition) is 2. The van der Waals surface area contributed by atoms with Crippen molar-refractivity contribution < 1.29 is 9.59 Å². The minimum Gasteiger partial charge on any atom is -0.299 e. The van der Waals surface area contributed by atoms with E-state index in [-0.39, 0.29) is 16.6 Å². The van der Waals surface area contributed by atoms with E-state index in [9.17, 15) is 9.59 Å². The van der Waals surface area contributed by atoms with Crippen LogP contribution in [0.4, 0.5) is 0 Å². The Hall–Kier alpha value is -1.18. The molecule has 4 aliphatic carbocycles. The molecule has 23 heavy (non-hydrogen) atoms. The zero-order valence-electron chi connectivity index (χ0n) is 14.6. The lowest BCUT2D eigenvalue weighted by atomic mass is 9.48. The fourth-order valence-electron chi connectivity index (χ4n) is 6.48. The minimum absolute atomic E-state index is 0.0224. The van der Waals surface area contributed by atoms with Crippen LogP contribution in [-0.2, 0) is 9.59 Å². The number of allylic oxidation sites excluding steroid dienone is 4. The topological polar surface area (TPSA) is 34.1 Å². The summed E-state index contributed by atoms with van der Waals surface area (Å²) in [5.41, 5.74) is 1.09. The summed E-state index contributed by atoms with van der Waals surface area (Å²) in [6, 6.07) is 0. The van der Waals surface area contributed by atoms with Gasteiger partial charge in [0.1, 0.15) is 5.78 Å². The van der Waals surface area contributed by atoms with Gasteiger partial charge in [-0.2, -0.15) is 0 Å². The number of hydrogen-bond donors (Lipinski definition) is 0. The van der Waals surface area contributed by atoms with E-state index in [1.807, 2.05) is 6.08 Å². The van der Waals surface area contributed by atoms with E-state index in [1.165, 1.54) is 18.4 Å². The average Bonchev–Trinajstić information content (AvgIpc) is 2.87. The third-order valence-corrected chi connectivity index (χ3v) is 8.06. The van der Waals surface area contributed by atoms with E-state index in [2.05, 4.69) is 32.9 Å². The highest BCUT2D eigenvalue weighted by Crippen LogP contribution is 2.64. The first kappa shape index (κ1) is 15.4. The molecule has 0 unspecified atom stereocenters. The van der Waals surface area contributed by atoms with Gasteiger partial charge in [-0.1, -0.05) is 39.3 Å². The first-order valence-electron chi connectivity index (χ1n) is 9.37. The summed E-state index contributed by atoms with van der Waals surface area (Å²) in [4.78, 5) is 25.0. The SMILES string of the molecule is CC[C@H]1CC[C@H]2[C@@H]3C=CC4=CC(=O)CC[C@]4(C)[C@H]3CC(=O)[C@]12C. The summed E-state index contributed by atoms with van der Waals surface area (Å²) < 4.78 is 0. The van der Waals surface area contributed by atoms with E-state index in [0.29, 0.717) is 42.3 Å². The predicted molar refractivity (Wildman–Crippen MR) is 90.8 cm³/mol. The molecule has 0 aromatic heterocycles. The van der Waals surface area contributed by atoms with Crippen LogP contribution in [0.5, 0.6) is 0 Å². The van der Waals surface area contributed by atoms with Gasteiger partial charge in [0.15, 0.2) is 5.78 Å². The Morgan fingerprint density at radius 3 is 2.70 bits per heavy atom. The van der Waals surface area contributed by atoms with Crippen LogP contribution in [-0.4, -0.2) is 11.6 Å². The minimum atomic E-state index is -0.109. The van der Waals surface area contributed by atoms with Crippen LogP contribution in [0.3, 0.4) is 0 Å². The molecule has 0 spiro atoms. The molecular formula is C21H28O2. The quantitative estimate of drug-likeness (QED) is 0.714. The summed E-state index contributed by atoms with van der Waals surface area (Å²) in [6.45, 7) is 6.79. The van der Waals surface area contributed by atoms with E-state index in [1.54, 1.807) is 0 Å². The molecule has 0 bridgehead atoms. The number of carbonyl (C=O) groups is 2. The maximum atomic E-state index is 13.2. The van der Waals surface area contributed by atoms with Crippen molar-refractivity contribution in [1.82, 2.24) is 0 Å². The predicted octanol–water partition coefficient (Wildman–Crippen LogP) is 4.50. The molecule has 6 atom stereocenters. The third-order valence-electron chi connectivity index (χ3n) is 8.06. The Morgan fingerprint density at radius 2 is 1.96 bits per heavy atom. The van der Waals surface area contributed by atoms with Gasteiger partial charge in [-0.3, -0.25) is 9.59 Å². The van der Waals surface area contributed by atoms with Crippen molar-refractivity contribution in [2.24, 2.45) is 34.5 Å². The molecule has 0 amide bonds. The fraction of sp³-hybridized carbons (Fsp3) is 0.714. The molecule has 0 radical (unpaired) electrons. The first-order chi connectivity index (χ1) is 10.9. The molecule has 2 heteroatoms. The Morgan fingerprint density at radius 1 is 1.17 bits per heavy atom. The smallest absolute Gasteiger partial charge is 0.156 e. The molecule has 2 saturated carbocycles. The molecule has 4 rings (SSSR count). The maximum absolute atomic E-state index is 13.2. The molecule has 2 fully saturated rings. The number of carbonyl (C=O) groups excluding carboxylic acids is 2. The van der Waals surface area contributed by atoms with Crippen LogP contribution in [0.1, 0.15) is 59.3 Å². The van der Waals surface area contributed by atoms with Gasteiger partial charge in [0, 0.05) is 18.3 Å². The molecule has 2 nitrogen and oxygen atoms in total. The Bertz CT molecular complexity index is 628. The van der Waals surface area contributed by atoms with Gasteiger partial charge in [-0.15, -0.1) is 0 Å². The van der Waals surface area contributed by atoms with Crippen LogP contribution in [0.15, 0.2) is 23.8 Å². The summed E-state index contributed by atoms with van der Waals surface area (Å²) >= 11 is 0. The van der Waals surface area contributed by atoms with Crippen molar-refractivity contribution in [2.75, 3.05) is 0 Å². The van der Waals surface area contributed by atoms with Gasteiger partial charge in [0.25, 0.3) is 0 Å². The standard InChI is InChI=1S/C21H28O2/c1-4-13-6-8-17-16-7-5-14-11-15(22)9-10-20(14,2)18(16)12-19(23)21(13,17)3/h5,7,11,13,16-18H,4,6,8-10,12H2,1-3H3/t13-,16-,17-,18-,20-,21+/m0/s1. The Kier molecular flexibility index (Phi) is 3.28. The largest absolute Gasteiger partial charge is 0.299 e. The van der Waals surface area contributed by atoms with Crippen LogP contribution >= 0.6 is 0 Å². The van der Waals surface area contributed by atoms with Crippen molar-refractivity contribution >= 4 is 11.6 Å². The Labute approximate surface area is 139 Å². The zero-order valence-corrected chi connectivity index (χ0v) is 14.6. The second kappa shape index (κ2) is 4.91. The van der Waals surface area contributed by atoms with Gasteiger partial charge >= 0.3 is 0 Å². The van der Waals surface area contributed by atoms with Crippen LogP contribution in [0.25, 0.3) is 0 Å². The lowest BCUT2D eigenvalue weighted by molar-refractivity contribution is -0.143. The van der Waals surface area contributed by atoms with Gasteiger partial charge in [0.05, 0.1) is 0 Å². The summed E-state index contributed by atoms with van der Waals surface area (Å²) in [5, 5.41) is 0. The lowest BCUT2D eigenvalue weighted by Crippen LogP contribution is -2.53. The molecular weight excluding hydrogens is 284 g/mol. The normalized spacial score (nSPS) is 48.6. The molecule has 0 aliphatic heterocycles. The molecule has 0 saturated heterocycles. The van der Waals surface area contributed by atoms with Gasteiger partial charge in [0.2, 0.25) is 0 Å². The average molecular weight is 312 g/mol. The highest BCUT2D eigenvalue weighted by atomic mass is 16.1. The second-order valence-corrected chi connectivity index (χ2v) is 8.73. The Balaban J connectivity index is 1.78. The van der Waals surface area contributed by atoms with Gasteiger partial charge < -0.3 is 0 Å². The number of rotatable bonds is 1. The maximum Gasteiger partial charge on any atom is 0.156 e. The zero-order chi connectivity index (χ0) is 16.4. The summed E-state index contributed by atoms with van der Waals surface area (Å²) in [5.74, 6) is 2.73. The molecule has 124 valence electrons. The number of fused-ring (bicyclic) bond motifs is 5. The lowest BCUT2D eigenvalue weighted by Gasteiger charge is -2.55. The molecule has 0 heterocycles. The highest BCUT2D eigenvalue weighted by Gasteiger charge is 2.61. The van der Waals surface area contributed by atoms with Crippen molar-refractivity contribution in [3.8, 4) is 0 Å². The van der Waals surface area contributed by atoms with Crippen LogP contribution < -0.4 is 0 Å². The summed E-state index contributed by atoms with van der Waals surface area (Å²) in [6.07, 6.45) is 12.2. The van der Waals surface area contributed by atoms with Crippen LogP contribution in [0, 0.1) is 34.5 Å². The van der Waals surface area contributed by atoms with Crippen molar-refractivity contribution in [1.29, 1.82) is 0 Å². The molecule has 4 aliphatic rings. The van der Waals surface area contributed by atoms with Crippen molar-refractivity contribution in [3.63, 3.8) is 0 Å². The monoisotopic (exact) mass is 312 g/mol. The molecule has 0 aromatic rings. The first-order valence-corrected chi connectivity index (χ1v) is 9.37. The fourth-order valence-corrected chi connectivity index (χ4v) is 6.48. The van der Waals surface area contributed by atoms with Gasteiger partial charge in [-0.25, -0.2) is 0 Å². The summed E-state index contributed by atoms with van der Waals surface area (Å²) in [7, 11) is 0. The van der Waals surface area contributed by atoms with Crippen molar-refractivity contribution in [2.45, 2.75) is 59.3 Å². The second-order valence-electron chi connectivity index (χ2n) is 8.73. The van der Waals surface area contributed by atoms with E-state index >= 15 is 0 Å².